The first-order valence-corrected chi connectivity index (χ1v) is 7.77. The van der Waals surface area contributed by atoms with Gasteiger partial charge in [-0.1, -0.05) is 23.7 Å². The second-order valence-corrected chi connectivity index (χ2v) is 5.48. The van der Waals surface area contributed by atoms with Gasteiger partial charge in [-0.3, -0.25) is 14.3 Å². The summed E-state index contributed by atoms with van der Waals surface area (Å²) in [6, 6.07) is 8.24. The number of nitrogens with one attached hydrogen (secondary N) is 2. The maximum absolute atomic E-state index is 12.3. The highest BCUT2D eigenvalue weighted by molar-refractivity contribution is 6.34. The molecule has 24 heavy (non-hydrogen) atoms. The third-order valence-electron chi connectivity index (χ3n) is 3.28. The van der Waals surface area contributed by atoms with E-state index in [1.54, 1.807) is 38.4 Å². The number of methoxy groups -OCH3 is 1. The van der Waals surface area contributed by atoms with Gasteiger partial charge in [-0.25, -0.2) is 0 Å². The first kappa shape index (κ1) is 18.0. The SMILES string of the molecule is COCCCNC(=O)c1cc(NC(=O)c2ccccc2Cl)n(C)n1. The molecule has 0 atom stereocenters. The summed E-state index contributed by atoms with van der Waals surface area (Å²) >= 11 is 6.01. The van der Waals surface area contributed by atoms with Gasteiger partial charge in [0, 0.05) is 33.4 Å². The van der Waals surface area contributed by atoms with Gasteiger partial charge in [0.2, 0.25) is 0 Å². The van der Waals surface area contributed by atoms with Crippen molar-refractivity contribution in [3.63, 3.8) is 0 Å². The molecule has 0 fully saturated rings. The van der Waals surface area contributed by atoms with Gasteiger partial charge in [-0.15, -0.1) is 0 Å². The molecule has 2 amide bonds. The first-order valence-electron chi connectivity index (χ1n) is 7.40. The normalized spacial score (nSPS) is 10.5. The molecule has 2 aromatic rings. The van der Waals surface area contributed by atoms with E-state index in [0.29, 0.717) is 36.0 Å². The van der Waals surface area contributed by atoms with Crippen molar-refractivity contribution in [3.8, 4) is 0 Å². The largest absolute Gasteiger partial charge is 0.385 e. The van der Waals surface area contributed by atoms with Gasteiger partial charge in [-0.05, 0) is 18.6 Å². The first-order chi connectivity index (χ1) is 11.5. The molecule has 1 heterocycles. The van der Waals surface area contributed by atoms with E-state index in [-0.39, 0.29) is 17.5 Å². The van der Waals surface area contributed by atoms with Gasteiger partial charge in [0.1, 0.15) is 5.82 Å². The Kier molecular flexibility index (Phi) is 6.34. The van der Waals surface area contributed by atoms with Gasteiger partial charge in [0.15, 0.2) is 5.69 Å². The second kappa shape index (κ2) is 8.47. The molecule has 2 N–H and O–H groups in total. The van der Waals surface area contributed by atoms with Gasteiger partial charge in [0.25, 0.3) is 11.8 Å². The number of aromatic nitrogens is 2. The second-order valence-electron chi connectivity index (χ2n) is 5.07. The number of hydrogen-bond acceptors (Lipinski definition) is 4. The van der Waals surface area contributed by atoms with Crippen molar-refractivity contribution < 1.29 is 14.3 Å². The number of carbonyl (C=O) groups excluding carboxylic acids is 2. The van der Waals surface area contributed by atoms with E-state index < -0.39 is 0 Å². The van der Waals surface area contributed by atoms with Crippen LogP contribution in [0.1, 0.15) is 27.3 Å². The molecule has 128 valence electrons. The van der Waals surface area contributed by atoms with Crippen LogP contribution in [-0.2, 0) is 11.8 Å². The number of rotatable bonds is 7. The van der Waals surface area contributed by atoms with Crippen molar-refractivity contribution in [2.75, 3.05) is 25.6 Å². The molecule has 7 nitrogen and oxygen atoms in total. The van der Waals surface area contributed by atoms with Crippen molar-refractivity contribution >= 4 is 29.2 Å². The topological polar surface area (TPSA) is 85.3 Å². The van der Waals surface area contributed by atoms with Crippen molar-refractivity contribution in [1.82, 2.24) is 15.1 Å². The molecular weight excluding hydrogens is 332 g/mol. The highest BCUT2D eigenvalue weighted by atomic mass is 35.5. The molecule has 0 saturated carbocycles. The maximum Gasteiger partial charge on any atom is 0.271 e. The number of nitrogens with zero attached hydrogens (tertiary/aromatic N) is 2. The molecule has 0 radical (unpaired) electrons. The molecule has 0 saturated heterocycles. The van der Waals surface area contributed by atoms with Gasteiger partial charge >= 0.3 is 0 Å². The minimum atomic E-state index is -0.365. The van der Waals surface area contributed by atoms with Crippen LogP contribution in [0, 0.1) is 0 Å². The van der Waals surface area contributed by atoms with E-state index in [2.05, 4.69) is 15.7 Å². The lowest BCUT2D eigenvalue weighted by molar-refractivity contribution is 0.0942. The Labute approximate surface area is 144 Å². The molecule has 0 aliphatic rings. The molecule has 0 aliphatic heterocycles. The summed E-state index contributed by atoms with van der Waals surface area (Å²) in [5.74, 6) is -0.266. The third-order valence-corrected chi connectivity index (χ3v) is 3.61. The predicted molar refractivity (Wildman–Crippen MR) is 91.4 cm³/mol. The number of halogens is 1. The van der Waals surface area contributed by atoms with Crippen LogP contribution in [0.25, 0.3) is 0 Å². The van der Waals surface area contributed by atoms with Gasteiger partial charge in [0.05, 0.1) is 10.6 Å². The zero-order valence-electron chi connectivity index (χ0n) is 13.5. The standard InChI is InChI=1S/C16H19ClN4O3/c1-21-14(19-15(22)11-6-3-4-7-12(11)17)10-13(20-21)16(23)18-8-5-9-24-2/h3-4,6-7,10H,5,8-9H2,1-2H3,(H,18,23)(H,19,22). The summed E-state index contributed by atoms with van der Waals surface area (Å²) in [7, 11) is 3.25. The zero-order valence-corrected chi connectivity index (χ0v) is 14.3. The van der Waals surface area contributed by atoms with Crippen LogP contribution in [0.3, 0.4) is 0 Å². The lowest BCUT2D eigenvalue weighted by Crippen LogP contribution is -2.25. The minimum Gasteiger partial charge on any atom is -0.385 e. The summed E-state index contributed by atoms with van der Waals surface area (Å²) in [5, 5.41) is 9.90. The number of carbonyl (C=O) groups is 2. The number of amides is 2. The highest BCUT2D eigenvalue weighted by Gasteiger charge is 2.16. The van der Waals surface area contributed by atoms with Gasteiger partial charge < -0.3 is 15.4 Å². The molecule has 0 spiro atoms. The molecule has 0 unspecified atom stereocenters. The van der Waals surface area contributed by atoms with E-state index in [0.717, 1.165) is 0 Å². The monoisotopic (exact) mass is 350 g/mol. The fourth-order valence-corrected chi connectivity index (χ4v) is 2.25. The average molecular weight is 351 g/mol. The van der Waals surface area contributed by atoms with Crippen LogP contribution >= 0.6 is 11.6 Å². The summed E-state index contributed by atoms with van der Waals surface area (Å²) < 4.78 is 6.35. The lowest BCUT2D eigenvalue weighted by atomic mass is 10.2. The number of benzene rings is 1. The fraction of sp³-hybridized carbons (Fsp3) is 0.312. The van der Waals surface area contributed by atoms with Crippen LogP contribution in [0.15, 0.2) is 30.3 Å². The number of anilines is 1. The smallest absolute Gasteiger partial charge is 0.271 e. The summed E-state index contributed by atoms with van der Waals surface area (Å²) in [6.45, 7) is 1.06. The number of aryl methyl sites for hydroxylation is 1. The Bertz CT molecular complexity index is 730. The van der Waals surface area contributed by atoms with Gasteiger partial charge in [-0.2, -0.15) is 5.10 Å². The van der Waals surface area contributed by atoms with Crippen LogP contribution in [-0.4, -0.2) is 41.9 Å². The van der Waals surface area contributed by atoms with E-state index in [4.69, 9.17) is 16.3 Å². The molecule has 2 rings (SSSR count). The predicted octanol–water partition coefficient (Wildman–Crippen LogP) is 2.09. The Balaban J connectivity index is 2.02. The maximum atomic E-state index is 12.3. The quantitative estimate of drug-likeness (QED) is 0.749. The van der Waals surface area contributed by atoms with Crippen LogP contribution in [0.4, 0.5) is 5.82 Å². The third kappa shape index (κ3) is 4.56. The van der Waals surface area contributed by atoms with Crippen LogP contribution < -0.4 is 10.6 Å². The van der Waals surface area contributed by atoms with Crippen molar-refractivity contribution in [3.05, 3.63) is 46.6 Å². The molecule has 1 aromatic heterocycles. The van der Waals surface area contributed by atoms with Crippen LogP contribution in [0.5, 0.6) is 0 Å². The zero-order chi connectivity index (χ0) is 17.5. The summed E-state index contributed by atoms with van der Waals surface area (Å²) in [6.07, 6.45) is 0.713. The average Bonchev–Trinajstić information content (AvgIpc) is 2.92. The number of hydrogen-bond donors (Lipinski definition) is 2. The van der Waals surface area contributed by atoms with E-state index in [9.17, 15) is 9.59 Å². The summed E-state index contributed by atoms with van der Waals surface area (Å²) in [4.78, 5) is 24.3. The Morgan fingerprint density at radius 1 is 1.29 bits per heavy atom. The molecular formula is C16H19ClN4O3. The Morgan fingerprint density at radius 3 is 2.75 bits per heavy atom. The van der Waals surface area contributed by atoms with E-state index in [1.807, 2.05) is 0 Å². The Hall–Kier alpha value is -2.38. The Morgan fingerprint density at radius 2 is 2.04 bits per heavy atom. The van der Waals surface area contributed by atoms with Crippen molar-refractivity contribution in [1.29, 1.82) is 0 Å². The highest BCUT2D eigenvalue weighted by Crippen LogP contribution is 2.17. The molecule has 0 bridgehead atoms. The van der Waals surface area contributed by atoms with Crippen LogP contribution in [0.2, 0.25) is 5.02 Å². The fourth-order valence-electron chi connectivity index (χ4n) is 2.03. The molecule has 0 aliphatic carbocycles. The molecule has 8 heteroatoms. The number of ether oxygens (including phenoxy) is 1. The van der Waals surface area contributed by atoms with Crippen molar-refractivity contribution in [2.24, 2.45) is 7.05 Å². The van der Waals surface area contributed by atoms with E-state index >= 15 is 0 Å². The molecule has 1 aromatic carbocycles. The lowest BCUT2D eigenvalue weighted by Gasteiger charge is -2.06. The van der Waals surface area contributed by atoms with E-state index in [1.165, 1.54) is 10.7 Å². The minimum absolute atomic E-state index is 0.226. The van der Waals surface area contributed by atoms with Crippen molar-refractivity contribution in [2.45, 2.75) is 6.42 Å². The summed E-state index contributed by atoms with van der Waals surface area (Å²) in [5.41, 5.74) is 0.579.